The molecule has 2 aromatic carbocycles. The number of ether oxygens (including phenoxy) is 1. The van der Waals surface area contributed by atoms with Crippen LogP contribution in [0.2, 0.25) is 5.02 Å². The first-order valence-electron chi connectivity index (χ1n) is 6.54. The summed E-state index contributed by atoms with van der Waals surface area (Å²) in [6.07, 6.45) is 1.37. The molecule has 0 aliphatic heterocycles. The second-order valence-corrected chi connectivity index (χ2v) is 5.04. The number of nitrogens with zero attached hydrogens (tertiary/aromatic N) is 1. The number of hydrogen-bond acceptors (Lipinski definition) is 4. The van der Waals surface area contributed by atoms with Crippen LogP contribution in [0.1, 0.15) is 11.1 Å². The lowest BCUT2D eigenvalue weighted by Crippen LogP contribution is -2.24. The van der Waals surface area contributed by atoms with Crippen molar-refractivity contribution in [2.45, 2.75) is 6.92 Å². The summed E-state index contributed by atoms with van der Waals surface area (Å²) in [6, 6.07) is 11.9. The topological polar surface area (TPSA) is 70.9 Å². The Morgan fingerprint density at radius 3 is 2.95 bits per heavy atom. The van der Waals surface area contributed by atoms with Gasteiger partial charge in [-0.25, -0.2) is 5.43 Å². The van der Waals surface area contributed by atoms with E-state index < -0.39 is 5.91 Å². The number of aryl methyl sites for hydroxylation is 1. The third-order valence-corrected chi connectivity index (χ3v) is 2.98. The van der Waals surface area contributed by atoms with Gasteiger partial charge >= 0.3 is 0 Å². The van der Waals surface area contributed by atoms with Crippen molar-refractivity contribution < 1.29 is 14.6 Å². The minimum Gasteiger partial charge on any atom is -0.507 e. The normalized spacial score (nSPS) is 10.6. The molecule has 0 aliphatic carbocycles. The van der Waals surface area contributed by atoms with Gasteiger partial charge in [0.1, 0.15) is 11.5 Å². The molecule has 0 radical (unpaired) electrons. The molecule has 0 aromatic heterocycles. The van der Waals surface area contributed by atoms with E-state index in [4.69, 9.17) is 16.3 Å². The second-order valence-electron chi connectivity index (χ2n) is 4.60. The fraction of sp³-hybridized carbons (Fsp3) is 0.125. The highest BCUT2D eigenvalue weighted by atomic mass is 35.5. The maximum atomic E-state index is 11.6. The van der Waals surface area contributed by atoms with E-state index in [1.54, 1.807) is 42.5 Å². The Morgan fingerprint density at radius 1 is 1.36 bits per heavy atom. The summed E-state index contributed by atoms with van der Waals surface area (Å²) in [7, 11) is 0. The molecule has 0 spiro atoms. The van der Waals surface area contributed by atoms with Gasteiger partial charge in [0.25, 0.3) is 5.91 Å². The number of carbonyl (C=O) groups is 1. The average molecular weight is 319 g/mol. The van der Waals surface area contributed by atoms with E-state index in [2.05, 4.69) is 10.5 Å². The second kappa shape index (κ2) is 7.47. The SMILES string of the molecule is Cc1ccc(O)c(C=NNC(=O)COc2cccc(Cl)c2)c1. The Kier molecular flexibility index (Phi) is 5.38. The van der Waals surface area contributed by atoms with Crippen LogP contribution in [0, 0.1) is 6.92 Å². The zero-order valence-electron chi connectivity index (χ0n) is 11.9. The van der Waals surface area contributed by atoms with E-state index in [0.717, 1.165) is 5.56 Å². The summed E-state index contributed by atoms with van der Waals surface area (Å²) >= 11 is 5.81. The lowest BCUT2D eigenvalue weighted by molar-refractivity contribution is -0.123. The van der Waals surface area contributed by atoms with Gasteiger partial charge in [0, 0.05) is 10.6 Å². The molecule has 0 atom stereocenters. The van der Waals surface area contributed by atoms with Crippen LogP contribution >= 0.6 is 11.6 Å². The molecule has 6 heteroatoms. The van der Waals surface area contributed by atoms with E-state index in [0.29, 0.717) is 16.3 Å². The van der Waals surface area contributed by atoms with Gasteiger partial charge in [-0.15, -0.1) is 0 Å². The molecule has 5 nitrogen and oxygen atoms in total. The maximum absolute atomic E-state index is 11.6. The number of rotatable bonds is 5. The van der Waals surface area contributed by atoms with Crippen LogP contribution in [-0.2, 0) is 4.79 Å². The first-order valence-corrected chi connectivity index (χ1v) is 6.92. The molecule has 0 bridgehead atoms. The van der Waals surface area contributed by atoms with Gasteiger partial charge in [0.05, 0.1) is 6.21 Å². The van der Waals surface area contributed by atoms with Crippen molar-refractivity contribution >= 4 is 23.7 Å². The fourth-order valence-corrected chi connectivity index (χ4v) is 1.87. The molecule has 0 unspecified atom stereocenters. The smallest absolute Gasteiger partial charge is 0.277 e. The van der Waals surface area contributed by atoms with E-state index in [1.807, 2.05) is 6.92 Å². The average Bonchev–Trinajstić information content (AvgIpc) is 2.49. The molecular weight excluding hydrogens is 304 g/mol. The van der Waals surface area contributed by atoms with Gasteiger partial charge in [-0.1, -0.05) is 29.3 Å². The molecule has 114 valence electrons. The molecule has 0 heterocycles. The number of phenols is 1. The van der Waals surface area contributed by atoms with Gasteiger partial charge in [-0.2, -0.15) is 5.10 Å². The van der Waals surface area contributed by atoms with Crippen molar-refractivity contribution in [3.05, 3.63) is 58.6 Å². The highest BCUT2D eigenvalue weighted by Gasteiger charge is 2.02. The summed E-state index contributed by atoms with van der Waals surface area (Å²) in [5.74, 6) is 0.185. The number of halogens is 1. The molecule has 2 N–H and O–H groups in total. The number of benzene rings is 2. The standard InChI is InChI=1S/C16H15ClN2O3/c1-11-5-6-15(20)12(7-11)9-18-19-16(21)10-22-14-4-2-3-13(17)8-14/h2-9,20H,10H2,1H3,(H,19,21). The van der Waals surface area contributed by atoms with E-state index in [9.17, 15) is 9.90 Å². The van der Waals surface area contributed by atoms with E-state index in [1.165, 1.54) is 6.21 Å². The van der Waals surface area contributed by atoms with Gasteiger partial charge in [-0.3, -0.25) is 4.79 Å². The third-order valence-electron chi connectivity index (χ3n) is 2.74. The highest BCUT2D eigenvalue weighted by Crippen LogP contribution is 2.17. The van der Waals surface area contributed by atoms with Crippen LogP contribution in [0.15, 0.2) is 47.6 Å². The molecule has 22 heavy (non-hydrogen) atoms. The number of amides is 1. The Morgan fingerprint density at radius 2 is 2.18 bits per heavy atom. The van der Waals surface area contributed by atoms with Crippen LogP contribution in [-0.4, -0.2) is 23.8 Å². The van der Waals surface area contributed by atoms with Gasteiger partial charge < -0.3 is 9.84 Å². The first-order chi connectivity index (χ1) is 10.5. The molecule has 2 rings (SSSR count). The summed E-state index contributed by atoms with van der Waals surface area (Å²) in [5.41, 5.74) is 3.83. The monoisotopic (exact) mass is 318 g/mol. The van der Waals surface area contributed by atoms with Crippen molar-refractivity contribution in [1.82, 2.24) is 5.43 Å². The zero-order valence-corrected chi connectivity index (χ0v) is 12.7. The Balaban J connectivity index is 1.85. The number of aromatic hydroxyl groups is 1. The van der Waals surface area contributed by atoms with Crippen LogP contribution in [0.3, 0.4) is 0 Å². The van der Waals surface area contributed by atoms with Crippen molar-refractivity contribution in [3.8, 4) is 11.5 Å². The first kappa shape index (κ1) is 15.9. The lowest BCUT2D eigenvalue weighted by atomic mass is 10.1. The summed E-state index contributed by atoms with van der Waals surface area (Å²) < 4.78 is 5.27. The molecule has 0 fully saturated rings. The van der Waals surface area contributed by atoms with Crippen LogP contribution < -0.4 is 10.2 Å². The molecule has 1 amide bonds. The summed E-state index contributed by atoms with van der Waals surface area (Å²) in [4.78, 5) is 11.6. The van der Waals surface area contributed by atoms with Crippen LogP contribution in [0.4, 0.5) is 0 Å². The van der Waals surface area contributed by atoms with Gasteiger partial charge in [0.2, 0.25) is 0 Å². The summed E-state index contributed by atoms with van der Waals surface area (Å²) in [5, 5.41) is 14.0. The number of nitrogens with one attached hydrogen (secondary N) is 1. The van der Waals surface area contributed by atoms with Crippen molar-refractivity contribution in [1.29, 1.82) is 0 Å². The van der Waals surface area contributed by atoms with Crippen LogP contribution in [0.5, 0.6) is 11.5 Å². The van der Waals surface area contributed by atoms with Gasteiger partial charge in [0.15, 0.2) is 6.61 Å². The molecular formula is C16H15ClN2O3. The third kappa shape index (κ3) is 4.79. The molecule has 2 aromatic rings. The lowest BCUT2D eigenvalue weighted by Gasteiger charge is -2.05. The molecule has 0 saturated carbocycles. The van der Waals surface area contributed by atoms with Crippen molar-refractivity contribution in [2.24, 2.45) is 5.10 Å². The highest BCUT2D eigenvalue weighted by molar-refractivity contribution is 6.30. The Bertz CT molecular complexity index is 702. The van der Waals surface area contributed by atoms with Crippen molar-refractivity contribution in [3.63, 3.8) is 0 Å². The molecule has 0 saturated heterocycles. The number of hydrogen-bond donors (Lipinski definition) is 2. The summed E-state index contributed by atoms with van der Waals surface area (Å²) in [6.45, 7) is 1.71. The Hall–Kier alpha value is -2.53. The Labute approximate surface area is 133 Å². The quantitative estimate of drug-likeness (QED) is 0.658. The minimum absolute atomic E-state index is 0.0961. The van der Waals surface area contributed by atoms with Crippen LogP contribution in [0.25, 0.3) is 0 Å². The minimum atomic E-state index is -0.414. The zero-order chi connectivity index (χ0) is 15.9. The number of phenolic OH excluding ortho intramolecular Hbond substituents is 1. The number of carbonyl (C=O) groups excluding carboxylic acids is 1. The fourth-order valence-electron chi connectivity index (χ4n) is 1.69. The molecule has 0 aliphatic rings. The van der Waals surface area contributed by atoms with Crippen molar-refractivity contribution in [2.75, 3.05) is 6.61 Å². The largest absolute Gasteiger partial charge is 0.507 e. The predicted octanol–water partition coefficient (Wildman–Crippen LogP) is 2.88. The predicted molar refractivity (Wildman–Crippen MR) is 85.5 cm³/mol. The van der Waals surface area contributed by atoms with E-state index in [-0.39, 0.29) is 12.4 Å². The van der Waals surface area contributed by atoms with E-state index >= 15 is 0 Å². The van der Waals surface area contributed by atoms with Gasteiger partial charge in [-0.05, 0) is 37.3 Å². The number of hydrazone groups is 1. The maximum Gasteiger partial charge on any atom is 0.277 e.